The van der Waals surface area contributed by atoms with Gasteiger partial charge in [-0.2, -0.15) is 11.8 Å². The minimum absolute atomic E-state index is 0.582. The van der Waals surface area contributed by atoms with Crippen LogP contribution in [0, 0.1) is 6.92 Å². The van der Waals surface area contributed by atoms with Crippen molar-refractivity contribution in [1.29, 1.82) is 0 Å². The third kappa shape index (κ3) is 2.50. The predicted molar refractivity (Wildman–Crippen MR) is 71.0 cm³/mol. The monoisotopic (exact) mass is 237 g/mol. The third-order valence-corrected chi connectivity index (χ3v) is 4.04. The van der Waals surface area contributed by atoms with Crippen molar-refractivity contribution in [2.24, 2.45) is 5.73 Å². The van der Waals surface area contributed by atoms with Crippen LogP contribution >= 0.6 is 11.8 Å². The van der Waals surface area contributed by atoms with Crippen LogP contribution in [0.2, 0.25) is 0 Å². The molecule has 16 heavy (non-hydrogen) atoms. The first-order valence-corrected chi connectivity index (χ1v) is 6.95. The minimum atomic E-state index is 0.582. The van der Waals surface area contributed by atoms with E-state index in [1.165, 1.54) is 29.1 Å². The van der Waals surface area contributed by atoms with Gasteiger partial charge in [0, 0.05) is 37.1 Å². The van der Waals surface area contributed by atoms with Gasteiger partial charge < -0.3 is 10.6 Å². The molecule has 0 bridgehead atoms. The van der Waals surface area contributed by atoms with Gasteiger partial charge >= 0.3 is 0 Å². The number of hydrogen-bond acceptors (Lipinski definition) is 4. The van der Waals surface area contributed by atoms with Gasteiger partial charge in [0.05, 0.1) is 0 Å². The fourth-order valence-electron chi connectivity index (χ4n) is 2.06. The summed E-state index contributed by atoms with van der Waals surface area (Å²) >= 11 is 2.03. The van der Waals surface area contributed by atoms with Gasteiger partial charge in [-0.25, -0.2) is 4.98 Å². The molecule has 2 rings (SSSR count). The van der Waals surface area contributed by atoms with E-state index in [-0.39, 0.29) is 0 Å². The Kier molecular flexibility index (Phi) is 4.07. The maximum absolute atomic E-state index is 5.83. The topological polar surface area (TPSA) is 42.2 Å². The maximum Gasteiger partial charge on any atom is 0.133 e. The largest absolute Gasteiger partial charge is 0.355 e. The molecule has 2 heterocycles. The van der Waals surface area contributed by atoms with E-state index in [9.17, 15) is 0 Å². The Hall–Kier alpha value is -0.740. The van der Waals surface area contributed by atoms with Gasteiger partial charge in [-0.3, -0.25) is 0 Å². The minimum Gasteiger partial charge on any atom is -0.355 e. The highest BCUT2D eigenvalue weighted by Gasteiger charge is 2.15. The average molecular weight is 237 g/mol. The van der Waals surface area contributed by atoms with Gasteiger partial charge in [-0.1, -0.05) is 0 Å². The summed E-state index contributed by atoms with van der Waals surface area (Å²) in [5, 5.41) is 0. The lowest BCUT2D eigenvalue weighted by Crippen LogP contribution is -2.28. The lowest BCUT2D eigenvalue weighted by atomic mass is 10.1. The first-order valence-electron chi connectivity index (χ1n) is 5.80. The number of nitrogens with two attached hydrogens (primary N) is 1. The van der Waals surface area contributed by atoms with E-state index in [2.05, 4.69) is 16.8 Å². The SMILES string of the molecule is Cc1ccnc(N2CCCSCC2)c1CN. The van der Waals surface area contributed by atoms with Crippen molar-refractivity contribution in [2.75, 3.05) is 29.5 Å². The van der Waals surface area contributed by atoms with Crippen LogP contribution in [0.3, 0.4) is 0 Å². The molecule has 0 aliphatic carbocycles. The lowest BCUT2D eigenvalue weighted by molar-refractivity contribution is 0.789. The van der Waals surface area contributed by atoms with Gasteiger partial charge in [-0.05, 0) is 30.7 Å². The van der Waals surface area contributed by atoms with Crippen LogP contribution in [-0.4, -0.2) is 29.6 Å². The first-order chi connectivity index (χ1) is 7.83. The van der Waals surface area contributed by atoms with E-state index in [0.717, 1.165) is 18.9 Å². The number of thioether (sulfide) groups is 1. The molecule has 1 saturated heterocycles. The molecular weight excluding hydrogens is 218 g/mol. The zero-order valence-corrected chi connectivity index (χ0v) is 10.6. The summed E-state index contributed by atoms with van der Waals surface area (Å²) < 4.78 is 0. The van der Waals surface area contributed by atoms with Crippen molar-refractivity contribution in [2.45, 2.75) is 19.9 Å². The summed E-state index contributed by atoms with van der Waals surface area (Å²) in [7, 11) is 0. The molecule has 1 aliphatic heterocycles. The molecular formula is C12H19N3S. The molecule has 0 unspecified atom stereocenters. The van der Waals surface area contributed by atoms with Crippen LogP contribution in [0.1, 0.15) is 17.5 Å². The van der Waals surface area contributed by atoms with E-state index in [0.29, 0.717) is 6.54 Å². The Labute approximate surface area is 101 Å². The zero-order chi connectivity index (χ0) is 11.4. The summed E-state index contributed by atoms with van der Waals surface area (Å²) in [6.45, 7) is 4.89. The molecule has 88 valence electrons. The second kappa shape index (κ2) is 5.55. The molecule has 3 nitrogen and oxygen atoms in total. The van der Waals surface area contributed by atoms with Crippen molar-refractivity contribution in [3.05, 3.63) is 23.4 Å². The third-order valence-electron chi connectivity index (χ3n) is 2.99. The van der Waals surface area contributed by atoms with Crippen molar-refractivity contribution in [1.82, 2.24) is 4.98 Å². The number of aryl methyl sites for hydroxylation is 1. The van der Waals surface area contributed by atoms with Crippen molar-refractivity contribution in [3.8, 4) is 0 Å². The quantitative estimate of drug-likeness (QED) is 0.851. The average Bonchev–Trinajstić information content (AvgIpc) is 2.57. The van der Waals surface area contributed by atoms with E-state index in [1.807, 2.05) is 24.0 Å². The molecule has 1 aromatic heterocycles. The Morgan fingerprint density at radius 1 is 1.44 bits per heavy atom. The maximum atomic E-state index is 5.83. The highest BCUT2D eigenvalue weighted by atomic mass is 32.2. The molecule has 2 N–H and O–H groups in total. The number of hydrogen-bond donors (Lipinski definition) is 1. The van der Waals surface area contributed by atoms with Crippen LogP contribution in [0.25, 0.3) is 0 Å². The van der Waals surface area contributed by atoms with E-state index < -0.39 is 0 Å². The molecule has 0 atom stereocenters. The molecule has 0 aromatic carbocycles. The number of anilines is 1. The van der Waals surface area contributed by atoms with Gasteiger partial charge in [0.1, 0.15) is 5.82 Å². The molecule has 0 spiro atoms. The number of nitrogens with zero attached hydrogens (tertiary/aromatic N) is 2. The van der Waals surface area contributed by atoms with E-state index >= 15 is 0 Å². The van der Waals surface area contributed by atoms with Gasteiger partial charge in [0.25, 0.3) is 0 Å². The molecule has 1 aromatic rings. The summed E-state index contributed by atoms with van der Waals surface area (Å²) in [6.07, 6.45) is 3.13. The fraction of sp³-hybridized carbons (Fsp3) is 0.583. The summed E-state index contributed by atoms with van der Waals surface area (Å²) in [5.41, 5.74) is 8.28. The van der Waals surface area contributed by atoms with Gasteiger partial charge in [-0.15, -0.1) is 0 Å². The second-order valence-corrected chi connectivity index (χ2v) is 5.31. The standard InChI is InChI=1S/C12H19N3S/c1-10-3-4-14-12(11(10)9-13)15-5-2-7-16-8-6-15/h3-4H,2,5-9,13H2,1H3. The lowest BCUT2D eigenvalue weighted by Gasteiger charge is -2.24. The molecule has 0 radical (unpaired) electrons. The Morgan fingerprint density at radius 2 is 2.31 bits per heavy atom. The molecule has 4 heteroatoms. The highest BCUT2D eigenvalue weighted by Crippen LogP contribution is 2.23. The van der Waals surface area contributed by atoms with Crippen molar-refractivity contribution < 1.29 is 0 Å². The van der Waals surface area contributed by atoms with Crippen molar-refractivity contribution >= 4 is 17.6 Å². The van der Waals surface area contributed by atoms with Crippen LogP contribution in [-0.2, 0) is 6.54 Å². The van der Waals surface area contributed by atoms with Crippen LogP contribution in [0.4, 0.5) is 5.82 Å². The summed E-state index contributed by atoms with van der Waals surface area (Å²) in [5.74, 6) is 3.56. The Bertz CT molecular complexity index is 346. The summed E-state index contributed by atoms with van der Waals surface area (Å²) in [6, 6.07) is 2.04. The molecule has 0 amide bonds. The fourth-order valence-corrected chi connectivity index (χ4v) is 2.94. The highest BCUT2D eigenvalue weighted by molar-refractivity contribution is 7.99. The van der Waals surface area contributed by atoms with Gasteiger partial charge in [0.15, 0.2) is 0 Å². The van der Waals surface area contributed by atoms with Crippen LogP contribution in [0.5, 0.6) is 0 Å². The van der Waals surface area contributed by atoms with Gasteiger partial charge in [0.2, 0.25) is 0 Å². The van der Waals surface area contributed by atoms with Crippen molar-refractivity contribution in [3.63, 3.8) is 0 Å². The molecule has 0 saturated carbocycles. The first kappa shape index (κ1) is 11.7. The number of rotatable bonds is 2. The summed E-state index contributed by atoms with van der Waals surface area (Å²) in [4.78, 5) is 6.90. The van der Waals surface area contributed by atoms with E-state index in [1.54, 1.807) is 0 Å². The molecule has 1 aliphatic rings. The second-order valence-electron chi connectivity index (χ2n) is 4.09. The number of pyridine rings is 1. The molecule has 1 fully saturated rings. The smallest absolute Gasteiger partial charge is 0.133 e. The van der Waals surface area contributed by atoms with E-state index in [4.69, 9.17) is 5.73 Å². The Morgan fingerprint density at radius 3 is 3.12 bits per heavy atom. The normalized spacial score (nSPS) is 17.2. The van der Waals surface area contributed by atoms with Crippen LogP contribution < -0.4 is 10.6 Å². The van der Waals surface area contributed by atoms with Crippen LogP contribution in [0.15, 0.2) is 12.3 Å². The Balaban J connectivity index is 2.27. The predicted octanol–water partition coefficient (Wildman–Crippen LogP) is 1.79. The number of aromatic nitrogens is 1. The zero-order valence-electron chi connectivity index (χ0n) is 9.78.